The highest BCUT2D eigenvalue weighted by molar-refractivity contribution is 5.21. The zero-order valence-corrected chi connectivity index (χ0v) is 8.62. The van der Waals surface area contributed by atoms with Gasteiger partial charge in [-0.3, -0.25) is 0 Å². The van der Waals surface area contributed by atoms with Gasteiger partial charge in [0.25, 0.3) is 0 Å². The molecule has 2 rings (SSSR count). The summed E-state index contributed by atoms with van der Waals surface area (Å²) in [5.74, 6) is 0.143. The van der Waals surface area contributed by atoms with Crippen molar-refractivity contribution in [1.29, 1.82) is 0 Å². The molecule has 1 aromatic rings. The second kappa shape index (κ2) is 4.73. The van der Waals surface area contributed by atoms with Crippen LogP contribution in [0.15, 0.2) is 24.3 Å². The fourth-order valence-electron chi connectivity index (χ4n) is 2.16. The number of hydrogen-bond donors (Lipinski definition) is 2. The Morgan fingerprint density at radius 2 is 2.20 bits per heavy atom. The van der Waals surface area contributed by atoms with Crippen LogP contribution < -0.4 is 5.32 Å². The van der Waals surface area contributed by atoms with Crippen LogP contribution in [-0.2, 0) is 0 Å². The first-order chi connectivity index (χ1) is 7.31. The van der Waals surface area contributed by atoms with E-state index in [-0.39, 0.29) is 18.5 Å². The van der Waals surface area contributed by atoms with Gasteiger partial charge in [-0.15, -0.1) is 0 Å². The van der Waals surface area contributed by atoms with Gasteiger partial charge in [-0.2, -0.15) is 0 Å². The maximum absolute atomic E-state index is 13.5. The molecule has 0 aliphatic carbocycles. The Balaban J connectivity index is 2.13. The predicted molar refractivity (Wildman–Crippen MR) is 57.0 cm³/mol. The molecule has 1 fully saturated rings. The summed E-state index contributed by atoms with van der Waals surface area (Å²) in [4.78, 5) is 0. The normalized spacial score (nSPS) is 26.5. The third-order valence-corrected chi connectivity index (χ3v) is 3.05. The third-order valence-electron chi connectivity index (χ3n) is 3.05. The maximum Gasteiger partial charge on any atom is 0.127 e. The first-order valence-corrected chi connectivity index (χ1v) is 5.40. The van der Waals surface area contributed by atoms with Crippen molar-refractivity contribution in [2.24, 2.45) is 5.92 Å². The first-order valence-electron chi connectivity index (χ1n) is 5.40. The van der Waals surface area contributed by atoms with E-state index in [9.17, 15) is 4.39 Å². The molecular weight excluding hydrogens is 193 g/mol. The molecule has 2 atom stereocenters. The summed E-state index contributed by atoms with van der Waals surface area (Å²) < 4.78 is 13.5. The fraction of sp³-hybridized carbons (Fsp3) is 0.500. The highest BCUT2D eigenvalue weighted by atomic mass is 19.1. The zero-order valence-electron chi connectivity index (χ0n) is 8.62. The van der Waals surface area contributed by atoms with Crippen molar-refractivity contribution in [1.82, 2.24) is 5.32 Å². The Kier molecular flexibility index (Phi) is 3.34. The largest absolute Gasteiger partial charge is 0.396 e. The lowest BCUT2D eigenvalue weighted by molar-refractivity contribution is 0.175. The quantitative estimate of drug-likeness (QED) is 0.779. The van der Waals surface area contributed by atoms with Gasteiger partial charge >= 0.3 is 0 Å². The number of aliphatic hydroxyl groups is 1. The second-order valence-electron chi connectivity index (χ2n) is 4.10. The van der Waals surface area contributed by atoms with Gasteiger partial charge in [0.15, 0.2) is 0 Å². The highest BCUT2D eigenvalue weighted by Crippen LogP contribution is 2.28. The molecule has 15 heavy (non-hydrogen) atoms. The van der Waals surface area contributed by atoms with Gasteiger partial charge in [-0.1, -0.05) is 18.2 Å². The number of hydrogen-bond acceptors (Lipinski definition) is 2. The van der Waals surface area contributed by atoms with Crippen LogP contribution in [0.5, 0.6) is 0 Å². The molecule has 2 unspecified atom stereocenters. The molecule has 0 aromatic heterocycles. The zero-order chi connectivity index (χ0) is 10.7. The van der Waals surface area contributed by atoms with Gasteiger partial charge in [-0.25, -0.2) is 4.39 Å². The molecule has 0 radical (unpaired) electrons. The van der Waals surface area contributed by atoms with E-state index in [0.29, 0.717) is 5.92 Å². The maximum atomic E-state index is 13.5. The van der Waals surface area contributed by atoms with Gasteiger partial charge in [0.1, 0.15) is 5.82 Å². The summed E-state index contributed by atoms with van der Waals surface area (Å²) in [7, 11) is 0. The van der Waals surface area contributed by atoms with E-state index in [2.05, 4.69) is 5.32 Å². The van der Waals surface area contributed by atoms with Crippen molar-refractivity contribution in [2.45, 2.75) is 18.9 Å². The molecule has 0 saturated carbocycles. The van der Waals surface area contributed by atoms with E-state index in [4.69, 9.17) is 5.11 Å². The highest BCUT2D eigenvalue weighted by Gasteiger charge is 2.23. The van der Waals surface area contributed by atoms with Crippen LogP contribution >= 0.6 is 0 Å². The van der Waals surface area contributed by atoms with Crippen LogP contribution in [0.3, 0.4) is 0 Å². The Labute approximate surface area is 89.1 Å². The van der Waals surface area contributed by atoms with E-state index in [0.717, 1.165) is 24.9 Å². The van der Waals surface area contributed by atoms with Crippen molar-refractivity contribution >= 4 is 0 Å². The molecule has 2 nitrogen and oxygen atoms in total. The molecule has 1 heterocycles. The lowest BCUT2D eigenvalue weighted by atomic mass is 9.89. The second-order valence-corrected chi connectivity index (χ2v) is 4.10. The van der Waals surface area contributed by atoms with E-state index in [1.165, 1.54) is 6.07 Å². The van der Waals surface area contributed by atoms with Gasteiger partial charge in [0, 0.05) is 18.2 Å². The SMILES string of the molecule is OCC1CCNC(c2ccccc2F)C1. The molecule has 0 spiro atoms. The molecule has 1 aliphatic rings. The van der Waals surface area contributed by atoms with E-state index in [1.807, 2.05) is 12.1 Å². The molecule has 82 valence electrons. The van der Waals surface area contributed by atoms with Gasteiger partial charge in [-0.05, 0) is 31.4 Å². The monoisotopic (exact) mass is 209 g/mol. The minimum absolute atomic E-state index is 0.0529. The van der Waals surface area contributed by atoms with E-state index in [1.54, 1.807) is 6.07 Å². The standard InChI is InChI=1S/C12H16FNO/c13-11-4-2-1-3-10(11)12-7-9(8-15)5-6-14-12/h1-4,9,12,14-15H,5-8H2. The number of piperidine rings is 1. The van der Waals surface area contributed by atoms with Crippen LogP contribution in [0.4, 0.5) is 4.39 Å². The number of halogens is 1. The minimum Gasteiger partial charge on any atom is -0.396 e. The first kappa shape index (κ1) is 10.6. The van der Waals surface area contributed by atoms with Crippen molar-refractivity contribution in [3.05, 3.63) is 35.6 Å². The van der Waals surface area contributed by atoms with Crippen molar-refractivity contribution in [2.75, 3.05) is 13.2 Å². The topological polar surface area (TPSA) is 32.3 Å². The Hall–Kier alpha value is -0.930. The van der Waals surface area contributed by atoms with Crippen molar-refractivity contribution in [3.63, 3.8) is 0 Å². The summed E-state index contributed by atoms with van der Waals surface area (Å²) in [6.07, 6.45) is 1.79. The molecule has 0 amide bonds. The third kappa shape index (κ3) is 2.36. The van der Waals surface area contributed by atoms with Crippen LogP contribution in [0.1, 0.15) is 24.4 Å². The lowest BCUT2D eigenvalue weighted by Crippen LogP contribution is -2.33. The van der Waals surface area contributed by atoms with Crippen LogP contribution in [0.2, 0.25) is 0 Å². The Morgan fingerprint density at radius 3 is 2.93 bits per heavy atom. The van der Waals surface area contributed by atoms with Crippen LogP contribution in [-0.4, -0.2) is 18.3 Å². The van der Waals surface area contributed by atoms with Gasteiger partial charge in [0.05, 0.1) is 0 Å². The van der Waals surface area contributed by atoms with Crippen molar-refractivity contribution < 1.29 is 9.50 Å². The molecule has 3 heteroatoms. The molecule has 1 saturated heterocycles. The summed E-state index contributed by atoms with van der Waals surface area (Å²) in [6.45, 7) is 1.05. The lowest BCUT2D eigenvalue weighted by Gasteiger charge is -2.29. The van der Waals surface area contributed by atoms with Crippen molar-refractivity contribution in [3.8, 4) is 0 Å². The van der Waals surface area contributed by atoms with E-state index < -0.39 is 0 Å². The minimum atomic E-state index is -0.159. The van der Waals surface area contributed by atoms with E-state index >= 15 is 0 Å². The Morgan fingerprint density at radius 1 is 1.40 bits per heavy atom. The smallest absolute Gasteiger partial charge is 0.127 e. The molecule has 1 aromatic carbocycles. The summed E-state index contributed by atoms with van der Waals surface area (Å²) >= 11 is 0. The summed E-state index contributed by atoms with van der Waals surface area (Å²) in [5, 5.41) is 12.4. The molecular formula is C12H16FNO. The summed E-state index contributed by atoms with van der Waals surface area (Å²) in [6, 6.07) is 6.90. The fourth-order valence-corrected chi connectivity index (χ4v) is 2.16. The van der Waals surface area contributed by atoms with Gasteiger partial charge < -0.3 is 10.4 Å². The number of benzene rings is 1. The molecule has 0 bridgehead atoms. The average Bonchev–Trinajstić information content (AvgIpc) is 2.30. The van der Waals surface area contributed by atoms with Crippen LogP contribution in [0, 0.1) is 11.7 Å². The number of rotatable bonds is 2. The number of aliphatic hydroxyl groups excluding tert-OH is 1. The number of nitrogens with one attached hydrogen (secondary N) is 1. The molecule has 2 N–H and O–H groups in total. The Bertz CT molecular complexity index is 329. The average molecular weight is 209 g/mol. The summed E-state index contributed by atoms with van der Waals surface area (Å²) in [5.41, 5.74) is 0.718. The van der Waals surface area contributed by atoms with Crippen LogP contribution in [0.25, 0.3) is 0 Å². The predicted octanol–water partition coefficient (Wildman–Crippen LogP) is 1.86. The molecule has 1 aliphatic heterocycles. The van der Waals surface area contributed by atoms with Gasteiger partial charge in [0.2, 0.25) is 0 Å².